The van der Waals surface area contributed by atoms with Crippen LogP contribution in [0.5, 0.6) is 0 Å². The topological polar surface area (TPSA) is 0 Å². The molecule has 0 heterocycles. The van der Waals surface area contributed by atoms with Crippen molar-refractivity contribution in [3.8, 4) is 0 Å². The maximum absolute atomic E-state index is 4.24. The predicted octanol–water partition coefficient (Wildman–Crippen LogP) is 7.62. The Morgan fingerprint density at radius 1 is 0.583 bits per heavy atom. The lowest BCUT2D eigenvalue weighted by molar-refractivity contribution is 0.167. The molecule has 134 valence electrons. The zero-order valence-corrected chi connectivity index (χ0v) is 15.8. The van der Waals surface area contributed by atoms with E-state index in [1.807, 2.05) is 0 Å². The van der Waals surface area contributed by atoms with Gasteiger partial charge in [0.15, 0.2) is 0 Å². The lowest BCUT2D eigenvalue weighted by Gasteiger charge is -2.37. The summed E-state index contributed by atoms with van der Waals surface area (Å²) in [6.45, 7) is 12.7. The van der Waals surface area contributed by atoms with Crippen LogP contribution in [0.1, 0.15) is 89.9 Å². The Morgan fingerprint density at radius 3 is 1.29 bits per heavy atom. The average molecular weight is 327 g/mol. The molecule has 0 heteroatoms. The van der Waals surface area contributed by atoms with Gasteiger partial charge >= 0.3 is 0 Å². The smallest absolute Gasteiger partial charge is 0.0320 e. The van der Waals surface area contributed by atoms with E-state index in [0.717, 1.165) is 23.7 Å². The van der Waals surface area contributed by atoms with Crippen molar-refractivity contribution in [3.63, 3.8) is 0 Å². The van der Waals surface area contributed by atoms with Gasteiger partial charge in [0.05, 0.1) is 0 Å². The fourth-order valence-corrected chi connectivity index (χ4v) is 5.50. The van der Waals surface area contributed by atoms with Gasteiger partial charge in [-0.05, 0) is 114 Å². The second-order valence-corrected chi connectivity index (χ2v) is 9.21. The van der Waals surface area contributed by atoms with Crippen LogP contribution in [0, 0.1) is 23.7 Å². The summed E-state index contributed by atoms with van der Waals surface area (Å²) in [4.78, 5) is 0. The third kappa shape index (κ3) is 5.11. The highest BCUT2D eigenvalue weighted by molar-refractivity contribution is 5.02. The maximum Gasteiger partial charge on any atom is -0.0320 e. The molecule has 0 aliphatic heterocycles. The third-order valence-corrected chi connectivity index (χ3v) is 7.30. The molecule has 24 heavy (non-hydrogen) atoms. The van der Waals surface area contributed by atoms with Gasteiger partial charge in [-0.3, -0.25) is 0 Å². The number of hydrogen-bond donors (Lipinski definition) is 0. The Balaban J connectivity index is 1.58. The van der Waals surface area contributed by atoms with Gasteiger partial charge in [0.2, 0.25) is 0 Å². The van der Waals surface area contributed by atoms with Gasteiger partial charge in [0, 0.05) is 0 Å². The minimum atomic E-state index is 0.976. The highest BCUT2D eigenvalue weighted by Gasteiger charge is 2.30. The molecular formula is C24H38. The molecule has 0 N–H and O–H groups in total. The zero-order valence-electron chi connectivity index (χ0n) is 15.8. The van der Waals surface area contributed by atoms with Crippen LogP contribution in [-0.2, 0) is 0 Å². The zero-order chi connectivity index (χ0) is 16.9. The summed E-state index contributed by atoms with van der Waals surface area (Å²) in [5.74, 6) is 3.91. The van der Waals surface area contributed by atoms with Gasteiger partial charge < -0.3 is 0 Å². The van der Waals surface area contributed by atoms with Crippen LogP contribution in [0.3, 0.4) is 0 Å². The van der Waals surface area contributed by atoms with Gasteiger partial charge in [-0.2, -0.15) is 0 Å². The maximum atomic E-state index is 4.24. The molecule has 0 nitrogen and oxygen atoms in total. The van der Waals surface area contributed by atoms with Gasteiger partial charge in [-0.25, -0.2) is 0 Å². The van der Waals surface area contributed by atoms with Gasteiger partial charge in [0.25, 0.3) is 0 Å². The highest BCUT2D eigenvalue weighted by atomic mass is 14.4. The fraction of sp³-hybridized carbons (Fsp3) is 0.750. The third-order valence-electron chi connectivity index (χ3n) is 7.30. The first-order valence-electron chi connectivity index (χ1n) is 10.6. The van der Waals surface area contributed by atoms with Gasteiger partial charge in [0.1, 0.15) is 0 Å². The minimum Gasteiger partial charge on any atom is -0.0999 e. The van der Waals surface area contributed by atoms with E-state index in [-0.39, 0.29) is 0 Å². The summed E-state index contributed by atoms with van der Waals surface area (Å²) in [7, 11) is 0. The van der Waals surface area contributed by atoms with Crippen LogP contribution in [0.4, 0.5) is 0 Å². The van der Waals surface area contributed by atoms with Crippen molar-refractivity contribution in [2.24, 2.45) is 23.7 Å². The van der Waals surface area contributed by atoms with Gasteiger partial charge in [-0.15, -0.1) is 0 Å². The van der Waals surface area contributed by atoms with E-state index in [2.05, 4.69) is 19.7 Å². The summed E-state index contributed by atoms with van der Waals surface area (Å²) >= 11 is 0. The van der Waals surface area contributed by atoms with Crippen molar-refractivity contribution >= 4 is 0 Å². The molecule has 3 saturated carbocycles. The molecule has 0 radical (unpaired) electrons. The van der Waals surface area contributed by atoms with E-state index in [9.17, 15) is 0 Å². The van der Waals surface area contributed by atoms with E-state index in [4.69, 9.17) is 0 Å². The first-order valence-corrected chi connectivity index (χ1v) is 10.6. The summed E-state index contributed by atoms with van der Waals surface area (Å²) < 4.78 is 0. The molecule has 0 aromatic heterocycles. The molecule has 0 bridgehead atoms. The lowest BCUT2D eigenvalue weighted by Crippen LogP contribution is -2.25. The van der Waals surface area contributed by atoms with Crippen LogP contribution in [0.25, 0.3) is 0 Å². The van der Waals surface area contributed by atoms with Crippen molar-refractivity contribution in [2.75, 3.05) is 0 Å². The largest absolute Gasteiger partial charge is 0.0999 e. The van der Waals surface area contributed by atoms with E-state index in [1.165, 1.54) is 107 Å². The van der Waals surface area contributed by atoms with Crippen LogP contribution in [0.2, 0.25) is 0 Å². The lowest BCUT2D eigenvalue weighted by atomic mass is 9.68. The quantitative estimate of drug-likeness (QED) is 0.456. The molecule has 3 aliphatic carbocycles. The fourth-order valence-electron chi connectivity index (χ4n) is 5.50. The Kier molecular flexibility index (Phi) is 6.42. The molecule has 0 saturated heterocycles. The van der Waals surface area contributed by atoms with Gasteiger partial charge in [-0.1, -0.05) is 36.5 Å². The SMILES string of the molecule is C=C1CCC(CC(CC2CCC(=C)CC2)C2CCC(=C)CC2)CC1. The summed E-state index contributed by atoms with van der Waals surface area (Å²) in [5, 5.41) is 0. The van der Waals surface area contributed by atoms with Crippen LogP contribution in [-0.4, -0.2) is 0 Å². The molecule has 3 fully saturated rings. The first-order chi connectivity index (χ1) is 11.6. The molecule has 0 aromatic rings. The molecule has 0 unspecified atom stereocenters. The average Bonchev–Trinajstić information content (AvgIpc) is 2.59. The molecule has 0 amide bonds. The van der Waals surface area contributed by atoms with E-state index in [0.29, 0.717) is 0 Å². The molecule has 0 atom stereocenters. The molecule has 0 aromatic carbocycles. The van der Waals surface area contributed by atoms with Crippen LogP contribution in [0.15, 0.2) is 36.5 Å². The van der Waals surface area contributed by atoms with Crippen molar-refractivity contribution in [1.82, 2.24) is 0 Å². The summed E-state index contributed by atoms with van der Waals surface area (Å²) in [6, 6.07) is 0. The minimum absolute atomic E-state index is 0.976. The van der Waals surface area contributed by atoms with Crippen molar-refractivity contribution in [2.45, 2.75) is 89.9 Å². The first kappa shape index (κ1) is 18.0. The van der Waals surface area contributed by atoms with E-state index < -0.39 is 0 Å². The van der Waals surface area contributed by atoms with E-state index in [1.54, 1.807) is 0 Å². The van der Waals surface area contributed by atoms with Crippen molar-refractivity contribution in [3.05, 3.63) is 36.5 Å². The van der Waals surface area contributed by atoms with Crippen molar-refractivity contribution in [1.29, 1.82) is 0 Å². The number of rotatable bonds is 5. The molecule has 3 aliphatic rings. The number of allylic oxidation sites excluding steroid dienone is 3. The Labute approximate surface area is 150 Å². The second-order valence-electron chi connectivity index (χ2n) is 9.21. The summed E-state index contributed by atoms with van der Waals surface area (Å²) in [6.07, 6.45) is 19.3. The highest BCUT2D eigenvalue weighted by Crippen LogP contribution is 2.43. The normalized spacial score (nSPS) is 25.6. The number of hydrogen-bond acceptors (Lipinski definition) is 0. The van der Waals surface area contributed by atoms with E-state index >= 15 is 0 Å². The molecule has 0 spiro atoms. The molecular weight excluding hydrogens is 288 g/mol. The Hall–Kier alpha value is -0.780. The summed E-state index contributed by atoms with van der Waals surface area (Å²) in [5.41, 5.74) is 4.51. The molecule has 3 rings (SSSR count). The van der Waals surface area contributed by atoms with Crippen LogP contribution >= 0.6 is 0 Å². The monoisotopic (exact) mass is 326 g/mol. The van der Waals surface area contributed by atoms with Crippen molar-refractivity contribution < 1.29 is 0 Å². The Bertz CT molecular complexity index is 408. The Morgan fingerprint density at radius 2 is 0.917 bits per heavy atom. The predicted molar refractivity (Wildman–Crippen MR) is 106 cm³/mol. The standard InChI is InChI=1S/C24H38/c1-18-4-10-21(11-5-18)16-24(23-14-8-20(3)9-15-23)17-22-12-6-19(2)7-13-22/h21-24H,1-17H2. The second kappa shape index (κ2) is 8.54. The van der Waals surface area contributed by atoms with Crippen LogP contribution < -0.4 is 0 Å².